The first kappa shape index (κ1) is 9.96. The van der Waals surface area contributed by atoms with Gasteiger partial charge in [0.2, 0.25) is 0 Å². The Labute approximate surface area is 87.4 Å². The summed E-state index contributed by atoms with van der Waals surface area (Å²) in [5, 5.41) is 14.8. The van der Waals surface area contributed by atoms with E-state index in [9.17, 15) is 5.11 Å². The summed E-state index contributed by atoms with van der Waals surface area (Å²) in [6.45, 7) is 1.00. The summed E-state index contributed by atoms with van der Waals surface area (Å²) in [6.07, 6.45) is 3.06. The minimum Gasteiger partial charge on any atom is -0.381 e. The van der Waals surface area contributed by atoms with E-state index in [1.54, 1.807) is 17.9 Å². The van der Waals surface area contributed by atoms with Crippen molar-refractivity contribution >= 4 is 11.6 Å². The van der Waals surface area contributed by atoms with Gasteiger partial charge in [-0.1, -0.05) is 11.6 Å². The summed E-state index contributed by atoms with van der Waals surface area (Å²) in [7, 11) is 1.77. The van der Waals surface area contributed by atoms with Gasteiger partial charge in [0, 0.05) is 13.7 Å². The minimum atomic E-state index is -0.972. The quantitative estimate of drug-likeness (QED) is 0.764. The van der Waals surface area contributed by atoms with Crippen molar-refractivity contribution in [2.75, 3.05) is 13.2 Å². The normalized spacial score (nSPS) is 27.9. The molecule has 0 amide bonds. The van der Waals surface area contributed by atoms with Gasteiger partial charge in [-0.15, -0.1) is 0 Å². The molecule has 1 aliphatic rings. The standard InChI is InChI=1S/C9H13ClN2O2/c1-12-8(7(10)5-11-12)9(13)3-2-4-14-6-9/h5,13H,2-4,6H2,1H3. The maximum Gasteiger partial charge on any atom is 0.131 e. The Balaban J connectivity index is 2.36. The van der Waals surface area contributed by atoms with Crippen molar-refractivity contribution in [2.45, 2.75) is 18.4 Å². The number of nitrogens with zero attached hydrogens (tertiary/aromatic N) is 2. The van der Waals surface area contributed by atoms with Gasteiger partial charge in [0.05, 0.1) is 23.5 Å². The second kappa shape index (κ2) is 3.53. The van der Waals surface area contributed by atoms with Crippen LogP contribution >= 0.6 is 11.6 Å². The summed E-state index contributed by atoms with van der Waals surface area (Å²) in [5.41, 5.74) is -0.320. The fourth-order valence-corrected chi connectivity index (χ4v) is 2.24. The molecule has 5 heteroatoms. The maximum atomic E-state index is 10.3. The van der Waals surface area contributed by atoms with Crippen LogP contribution in [0.4, 0.5) is 0 Å². The highest BCUT2D eigenvalue weighted by molar-refractivity contribution is 6.31. The van der Waals surface area contributed by atoms with Crippen LogP contribution in [0.5, 0.6) is 0 Å². The van der Waals surface area contributed by atoms with Crippen molar-refractivity contribution in [3.63, 3.8) is 0 Å². The molecule has 1 N–H and O–H groups in total. The molecule has 0 aromatic carbocycles. The highest BCUT2D eigenvalue weighted by atomic mass is 35.5. The van der Waals surface area contributed by atoms with Crippen LogP contribution < -0.4 is 0 Å². The molecule has 1 aromatic heterocycles. The third-order valence-corrected chi connectivity index (χ3v) is 2.83. The number of rotatable bonds is 1. The Morgan fingerprint density at radius 2 is 2.50 bits per heavy atom. The van der Waals surface area contributed by atoms with E-state index in [4.69, 9.17) is 16.3 Å². The van der Waals surface area contributed by atoms with Gasteiger partial charge in [0.15, 0.2) is 0 Å². The van der Waals surface area contributed by atoms with Crippen molar-refractivity contribution < 1.29 is 9.84 Å². The molecule has 1 aromatic rings. The van der Waals surface area contributed by atoms with Gasteiger partial charge in [-0.25, -0.2) is 0 Å². The van der Waals surface area contributed by atoms with Crippen LogP contribution in [-0.4, -0.2) is 28.1 Å². The van der Waals surface area contributed by atoms with E-state index in [-0.39, 0.29) is 0 Å². The molecule has 1 aliphatic heterocycles. The molecule has 0 radical (unpaired) electrons. The highest BCUT2D eigenvalue weighted by Crippen LogP contribution is 2.34. The molecular formula is C9H13ClN2O2. The zero-order valence-electron chi connectivity index (χ0n) is 8.03. The predicted molar refractivity (Wildman–Crippen MR) is 52.2 cm³/mol. The van der Waals surface area contributed by atoms with Crippen LogP contribution in [0.25, 0.3) is 0 Å². The molecular weight excluding hydrogens is 204 g/mol. The molecule has 1 unspecified atom stereocenters. The largest absolute Gasteiger partial charge is 0.381 e. The van der Waals surface area contributed by atoms with E-state index in [0.29, 0.717) is 30.4 Å². The summed E-state index contributed by atoms with van der Waals surface area (Å²) in [4.78, 5) is 0. The molecule has 0 aliphatic carbocycles. The third kappa shape index (κ3) is 1.54. The average molecular weight is 217 g/mol. The Kier molecular flexibility index (Phi) is 2.51. The molecule has 14 heavy (non-hydrogen) atoms. The number of halogens is 1. The van der Waals surface area contributed by atoms with E-state index in [0.717, 1.165) is 6.42 Å². The van der Waals surface area contributed by atoms with Crippen LogP contribution in [0.3, 0.4) is 0 Å². The smallest absolute Gasteiger partial charge is 0.131 e. The van der Waals surface area contributed by atoms with Crippen molar-refractivity contribution in [1.29, 1.82) is 0 Å². The van der Waals surface area contributed by atoms with Gasteiger partial charge in [-0.05, 0) is 12.8 Å². The lowest BCUT2D eigenvalue weighted by atomic mass is 9.93. The monoisotopic (exact) mass is 216 g/mol. The van der Waals surface area contributed by atoms with Crippen LogP contribution in [0.1, 0.15) is 18.5 Å². The van der Waals surface area contributed by atoms with Crippen LogP contribution in [-0.2, 0) is 17.4 Å². The first-order chi connectivity index (χ1) is 6.63. The number of aryl methyl sites for hydroxylation is 1. The van der Waals surface area contributed by atoms with Crippen LogP contribution in [0.2, 0.25) is 5.02 Å². The Morgan fingerprint density at radius 1 is 1.71 bits per heavy atom. The van der Waals surface area contributed by atoms with Crippen molar-refractivity contribution in [1.82, 2.24) is 9.78 Å². The van der Waals surface area contributed by atoms with Gasteiger partial charge in [0.1, 0.15) is 5.60 Å². The SMILES string of the molecule is Cn1ncc(Cl)c1C1(O)CCCOC1. The first-order valence-corrected chi connectivity index (χ1v) is 4.99. The molecule has 0 saturated carbocycles. The van der Waals surface area contributed by atoms with E-state index in [1.807, 2.05) is 0 Å². The lowest BCUT2D eigenvalue weighted by molar-refractivity contribution is -0.0946. The van der Waals surface area contributed by atoms with E-state index in [2.05, 4.69) is 5.10 Å². The molecule has 0 spiro atoms. The Bertz CT molecular complexity index is 312. The molecule has 2 heterocycles. The molecule has 0 bridgehead atoms. The molecule has 1 saturated heterocycles. The van der Waals surface area contributed by atoms with E-state index < -0.39 is 5.60 Å². The fourth-order valence-electron chi connectivity index (χ4n) is 1.90. The summed E-state index contributed by atoms with van der Waals surface area (Å²) >= 11 is 5.97. The second-order valence-electron chi connectivity index (χ2n) is 3.65. The second-order valence-corrected chi connectivity index (χ2v) is 4.06. The molecule has 4 nitrogen and oxygen atoms in total. The van der Waals surface area contributed by atoms with E-state index in [1.165, 1.54) is 0 Å². The van der Waals surface area contributed by atoms with Gasteiger partial charge < -0.3 is 9.84 Å². The predicted octanol–water partition coefficient (Wildman–Crippen LogP) is 1.07. The molecule has 78 valence electrons. The molecule has 1 atom stereocenters. The zero-order valence-corrected chi connectivity index (χ0v) is 8.79. The van der Waals surface area contributed by atoms with Crippen molar-refractivity contribution in [3.05, 3.63) is 16.9 Å². The first-order valence-electron chi connectivity index (χ1n) is 4.61. The number of ether oxygens (including phenoxy) is 1. The van der Waals surface area contributed by atoms with Gasteiger partial charge in [0.25, 0.3) is 0 Å². The summed E-state index contributed by atoms with van der Waals surface area (Å²) < 4.78 is 6.88. The lowest BCUT2D eigenvalue weighted by Crippen LogP contribution is -2.37. The lowest BCUT2D eigenvalue weighted by Gasteiger charge is -2.32. The summed E-state index contributed by atoms with van der Waals surface area (Å²) in [6, 6.07) is 0. The molecule has 1 fully saturated rings. The van der Waals surface area contributed by atoms with Gasteiger partial charge >= 0.3 is 0 Å². The van der Waals surface area contributed by atoms with Crippen molar-refractivity contribution in [3.8, 4) is 0 Å². The number of aromatic nitrogens is 2. The van der Waals surface area contributed by atoms with Gasteiger partial charge in [-0.3, -0.25) is 4.68 Å². The van der Waals surface area contributed by atoms with Gasteiger partial charge in [-0.2, -0.15) is 5.10 Å². The Hall–Kier alpha value is -0.580. The summed E-state index contributed by atoms with van der Waals surface area (Å²) in [5.74, 6) is 0. The number of hydrogen-bond donors (Lipinski definition) is 1. The molecule has 2 rings (SSSR count). The van der Waals surface area contributed by atoms with Crippen molar-refractivity contribution in [2.24, 2.45) is 7.05 Å². The number of hydrogen-bond acceptors (Lipinski definition) is 3. The van der Waals surface area contributed by atoms with E-state index >= 15 is 0 Å². The minimum absolute atomic E-state index is 0.298. The third-order valence-electron chi connectivity index (χ3n) is 2.55. The highest BCUT2D eigenvalue weighted by Gasteiger charge is 2.36. The maximum absolute atomic E-state index is 10.3. The zero-order chi connectivity index (χ0) is 10.2. The van der Waals surface area contributed by atoms with Crippen LogP contribution in [0, 0.1) is 0 Å². The van der Waals surface area contributed by atoms with Crippen LogP contribution in [0.15, 0.2) is 6.20 Å². The Morgan fingerprint density at radius 3 is 3.00 bits per heavy atom. The average Bonchev–Trinajstić information content (AvgIpc) is 2.48. The topological polar surface area (TPSA) is 47.3 Å². The number of aliphatic hydroxyl groups is 1. The fraction of sp³-hybridized carbons (Fsp3) is 0.667.